The van der Waals surface area contributed by atoms with E-state index in [9.17, 15) is 4.79 Å². The van der Waals surface area contributed by atoms with Crippen LogP contribution in [0.3, 0.4) is 0 Å². The first-order valence-electron chi connectivity index (χ1n) is 5.20. The number of amides is 1. The molecule has 14 heavy (non-hydrogen) atoms. The molecule has 0 saturated heterocycles. The second kappa shape index (κ2) is 6.44. The van der Waals surface area contributed by atoms with Crippen molar-refractivity contribution in [2.75, 3.05) is 5.33 Å². The number of hydrogen-bond donors (Lipinski definition) is 1. The van der Waals surface area contributed by atoms with E-state index < -0.39 is 0 Å². The Morgan fingerprint density at radius 2 is 2.00 bits per heavy atom. The second-order valence-corrected chi connectivity index (χ2v) is 5.83. The van der Waals surface area contributed by atoms with Crippen LogP contribution >= 0.6 is 15.9 Å². The number of carbonyl (C=O) groups excluding carboxylic acids is 1. The maximum absolute atomic E-state index is 11.5. The first-order valence-corrected chi connectivity index (χ1v) is 6.32. The molecule has 1 amide bonds. The van der Waals surface area contributed by atoms with Crippen molar-refractivity contribution in [3.63, 3.8) is 0 Å². The van der Waals surface area contributed by atoms with Gasteiger partial charge in [0.05, 0.1) is 0 Å². The van der Waals surface area contributed by atoms with E-state index in [2.05, 4.69) is 48.9 Å². The fraction of sp³-hybridized carbons (Fsp3) is 0.909. The van der Waals surface area contributed by atoms with Crippen LogP contribution in [0.4, 0.5) is 0 Å². The zero-order chi connectivity index (χ0) is 11.2. The largest absolute Gasteiger partial charge is 0.354 e. The van der Waals surface area contributed by atoms with E-state index in [1.807, 2.05) is 0 Å². The van der Waals surface area contributed by atoms with Gasteiger partial charge in [-0.3, -0.25) is 4.79 Å². The van der Waals surface area contributed by atoms with E-state index >= 15 is 0 Å². The van der Waals surface area contributed by atoms with Gasteiger partial charge in [-0.05, 0) is 25.2 Å². The van der Waals surface area contributed by atoms with Crippen molar-refractivity contribution in [2.45, 2.75) is 53.0 Å². The molecular weight excluding hydrogens is 242 g/mol. The molecule has 2 nitrogen and oxygen atoms in total. The van der Waals surface area contributed by atoms with Crippen LogP contribution in [-0.2, 0) is 4.79 Å². The minimum Gasteiger partial charge on any atom is -0.354 e. The molecule has 0 heterocycles. The molecule has 0 aliphatic rings. The Kier molecular flexibility index (Phi) is 6.41. The molecule has 3 heteroatoms. The van der Waals surface area contributed by atoms with E-state index in [1.54, 1.807) is 0 Å². The molecule has 0 bridgehead atoms. The van der Waals surface area contributed by atoms with Crippen molar-refractivity contribution in [2.24, 2.45) is 5.41 Å². The molecule has 0 aromatic heterocycles. The third kappa shape index (κ3) is 8.54. The summed E-state index contributed by atoms with van der Waals surface area (Å²) in [6.45, 7) is 8.30. The van der Waals surface area contributed by atoms with Gasteiger partial charge in [0.15, 0.2) is 0 Å². The molecule has 0 rings (SSSR count). The minimum absolute atomic E-state index is 0.0826. The maximum Gasteiger partial charge on any atom is 0.220 e. The molecule has 1 N–H and O–H groups in total. The Morgan fingerprint density at radius 3 is 2.43 bits per heavy atom. The molecule has 0 aromatic carbocycles. The van der Waals surface area contributed by atoms with Crippen LogP contribution in [0.1, 0.15) is 47.0 Å². The van der Waals surface area contributed by atoms with Gasteiger partial charge in [-0.2, -0.15) is 0 Å². The zero-order valence-corrected chi connectivity index (χ0v) is 11.3. The van der Waals surface area contributed by atoms with Gasteiger partial charge in [0.2, 0.25) is 5.91 Å². The summed E-state index contributed by atoms with van der Waals surface area (Å²) in [4.78, 5) is 11.5. The lowest BCUT2D eigenvalue weighted by atomic mass is 9.92. The Bertz CT molecular complexity index is 175. The number of nitrogens with one attached hydrogen (secondary N) is 1. The third-order valence-electron chi connectivity index (χ3n) is 1.87. The standard InChI is InChI=1S/C11H22BrNO/c1-9(6-5-7-12)13-10(14)8-11(2,3)4/h9H,5-8H2,1-4H3,(H,13,14). The molecule has 0 radical (unpaired) electrons. The van der Waals surface area contributed by atoms with E-state index in [1.165, 1.54) is 0 Å². The molecule has 0 fully saturated rings. The third-order valence-corrected chi connectivity index (χ3v) is 2.43. The lowest BCUT2D eigenvalue weighted by Gasteiger charge is -2.19. The van der Waals surface area contributed by atoms with E-state index in [0.29, 0.717) is 12.5 Å². The van der Waals surface area contributed by atoms with E-state index in [4.69, 9.17) is 0 Å². The first kappa shape index (κ1) is 13.9. The molecule has 0 saturated carbocycles. The molecule has 1 atom stereocenters. The van der Waals surface area contributed by atoms with Gasteiger partial charge >= 0.3 is 0 Å². The number of carbonyl (C=O) groups is 1. The van der Waals surface area contributed by atoms with Gasteiger partial charge in [-0.1, -0.05) is 36.7 Å². The Balaban J connectivity index is 3.71. The average molecular weight is 264 g/mol. The smallest absolute Gasteiger partial charge is 0.220 e. The number of rotatable bonds is 5. The van der Waals surface area contributed by atoms with Crippen LogP contribution in [0.5, 0.6) is 0 Å². The van der Waals surface area contributed by atoms with Gasteiger partial charge in [0.1, 0.15) is 0 Å². The predicted molar refractivity (Wildman–Crippen MR) is 64.7 cm³/mol. The summed E-state index contributed by atoms with van der Waals surface area (Å²) >= 11 is 3.38. The van der Waals surface area contributed by atoms with Gasteiger partial charge < -0.3 is 5.32 Å². The number of halogens is 1. The number of alkyl halides is 1. The first-order chi connectivity index (χ1) is 6.35. The second-order valence-electron chi connectivity index (χ2n) is 5.04. The summed E-state index contributed by atoms with van der Waals surface area (Å²) < 4.78 is 0. The molecule has 0 spiro atoms. The molecular formula is C11H22BrNO. The van der Waals surface area contributed by atoms with Gasteiger partial charge in [0, 0.05) is 17.8 Å². The average Bonchev–Trinajstić information content (AvgIpc) is 1.96. The van der Waals surface area contributed by atoms with Crippen molar-refractivity contribution in [3.05, 3.63) is 0 Å². The Labute approximate surface area is 96.0 Å². The van der Waals surface area contributed by atoms with Crippen molar-refractivity contribution in [1.29, 1.82) is 0 Å². The van der Waals surface area contributed by atoms with Crippen LogP contribution in [0.25, 0.3) is 0 Å². The Morgan fingerprint density at radius 1 is 1.43 bits per heavy atom. The summed E-state index contributed by atoms with van der Waals surface area (Å²) in [5, 5.41) is 4.02. The highest BCUT2D eigenvalue weighted by Crippen LogP contribution is 2.18. The lowest BCUT2D eigenvalue weighted by Crippen LogP contribution is -2.34. The van der Waals surface area contributed by atoms with Crippen LogP contribution in [-0.4, -0.2) is 17.3 Å². The number of hydrogen-bond acceptors (Lipinski definition) is 1. The highest BCUT2D eigenvalue weighted by Gasteiger charge is 2.16. The highest BCUT2D eigenvalue weighted by molar-refractivity contribution is 9.09. The van der Waals surface area contributed by atoms with Gasteiger partial charge in [-0.15, -0.1) is 0 Å². The topological polar surface area (TPSA) is 29.1 Å². The van der Waals surface area contributed by atoms with Crippen molar-refractivity contribution >= 4 is 21.8 Å². The predicted octanol–water partition coefficient (Wildman–Crippen LogP) is 3.10. The molecule has 0 aliphatic heterocycles. The highest BCUT2D eigenvalue weighted by atomic mass is 79.9. The van der Waals surface area contributed by atoms with Crippen molar-refractivity contribution in [3.8, 4) is 0 Å². The summed E-state index contributed by atoms with van der Waals surface area (Å²) in [7, 11) is 0. The molecule has 84 valence electrons. The minimum atomic E-state index is 0.0826. The van der Waals surface area contributed by atoms with Crippen LogP contribution in [0.15, 0.2) is 0 Å². The molecule has 0 aliphatic carbocycles. The Hall–Kier alpha value is -0.0500. The van der Waals surface area contributed by atoms with Crippen LogP contribution < -0.4 is 5.32 Å². The van der Waals surface area contributed by atoms with Gasteiger partial charge in [0.25, 0.3) is 0 Å². The van der Waals surface area contributed by atoms with Gasteiger partial charge in [-0.25, -0.2) is 0 Å². The monoisotopic (exact) mass is 263 g/mol. The molecule has 1 unspecified atom stereocenters. The van der Waals surface area contributed by atoms with Crippen molar-refractivity contribution in [1.82, 2.24) is 5.32 Å². The maximum atomic E-state index is 11.5. The summed E-state index contributed by atoms with van der Waals surface area (Å²) in [6, 6.07) is 0.294. The summed E-state index contributed by atoms with van der Waals surface area (Å²) in [5.41, 5.74) is 0.0826. The SMILES string of the molecule is CC(CCCBr)NC(=O)CC(C)(C)C. The fourth-order valence-corrected chi connectivity index (χ4v) is 1.59. The summed E-state index contributed by atoms with van der Waals surface area (Å²) in [5.74, 6) is 0.166. The van der Waals surface area contributed by atoms with Crippen LogP contribution in [0.2, 0.25) is 0 Å². The zero-order valence-electron chi connectivity index (χ0n) is 9.69. The fourth-order valence-electron chi connectivity index (χ4n) is 1.26. The normalized spacial score (nSPS) is 13.8. The quantitative estimate of drug-likeness (QED) is 0.759. The summed E-state index contributed by atoms with van der Waals surface area (Å²) in [6.07, 6.45) is 2.75. The van der Waals surface area contributed by atoms with Crippen LogP contribution in [0, 0.1) is 5.41 Å². The van der Waals surface area contributed by atoms with E-state index in [0.717, 1.165) is 18.2 Å². The van der Waals surface area contributed by atoms with Crippen molar-refractivity contribution < 1.29 is 4.79 Å². The molecule has 0 aromatic rings. The van der Waals surface area contributed by atoms with E-state index in [-0.39, 0.29) is 11.3 Å². The lowest BCUT2D eigenvalue weighted by molar-refractivity contribution is -0.123.